The zero-order valence-corrected chi connectivity index (χ0v) is 37.2. The highest BCUT2D eigenvalue weighted by atomic mass is 35.5. The predicted molar refractivity (Wildman–Crippen MR) is 234 cm³/mol. The minimum Gasteiger partial charge on any atom is -0.493 e. The van der Waals surface area contributed by atoms with E-state index in [4.69, 9.17) is 23.7 Å². The van der Waals surface area contributed by atoms with Crippen LogP contribution >= 0.6 is 12.4 Å². The number of hydrogen-bond donors (Lipinski definition) is 0. The fraction of sp³-hybridized carbons (Fsp3) is 0.455. The molecule has 0 radical (unpaired) electrons. The van der Waals surface area contributed by atoms with E-state index >= 15 is 4.39 Å². The van der Waals surface area contributed by atoms with Crippen molar-refractivity contribution in [2.45, 2.75) is 64.2 Å². The number of aromatic nitrogens is 6. The third-order valence-electron chi connectivity index (χ3n) is 11.2. The molecule has 7 rings (SSSR count). The first kappa shape index (κ1) is 47.4. The van der Waals surface area contributed by atoms with E-state index < -0.39 is 47.8 Å². The molecule has 0 amide bonds. The highest BCUT2D eigenvalue weighted by Crippen LogP contribution is 2.42. The Hall–Kier alpha value is -6.05. The van der Waals surface area contributed by atoms with E-state index in [9.17, 15) is 18.8 Å². The number of carbonyl (C=O) groups excluding carboxylic acids is 2. The van der Waals surface area contributed by atoms with Crippen molar-refractivity contribution in [3.05, 3.63) is 113 Å². The molecule has 0 N–H and O–H groups in total. The highest BCUT2D eigenvalue weighted by Gasteiger charge is 2.45. The number of benzene rings is 3. The number of halogens is 3. The SMILES string of the molecule is CC[C@@H]([C@H](C)OC(=O)OC(C)OC(=O)CN(C)C)n1ncn(-c2ccc(N3CCN(c4ccc(OC[C@@H]5CO[C@@](Cn6cncn6)(c6ccc(F)cc6F)C5)cc4)CC3)cc2)c1=O.Cl. The number of hydrogen-bond acceptors (Lipinski definition) is 14. The quantitative estimate of drug-likeness (QED) is 0.0837. The van der Waals surface area contributed by atoms with Crippen molar-refractivity contribution in [1.82, 2.24) is 34.0 Å². The van der Waals surface area contributed by atoms with Crippen LogP contribution in [0.5, 0.6) is 5.75 Å². The van der Waals surface area contributed by atoms with Crippen LogP contribution in [-0.4, -0.2) is 119 Å². The molecular weight excluding hydrogens is 856 g/mol. The summed E-state index contributed by atoms with van der Waals surface area (Å²) in [7, 11) is 3.43. The van der Waals surface area contributed by atoms with Crippen molar-refractivity contribution in [2.24, 2.45) is 5.92 Å². The van der Waals surface area contributed by atoms with Crippen LogP contribution in [0.15, 0.2) is 90.5 Å². The summed E-state index contributed by atoms with van der Waals surface area (Å²) in [5.74, 6) is -1.19. The lowest BCUT2D eigenvalue weighted by Crippen LogP contribution is -2.46. The molecule has 0 spiro atoms. The molecule has 2 saturated heterocycles. The Bertz CT molecular complexity index is 2360. The van der Waals surface area contributed by atoms with Crippen LogP contribution in [0.3, 0.4) is 0 Å². The predicted octanol–water partition coefficient (Wildman–Crippen LogP) is 5.61. The standard InChI is InChI=1S/C44H53F2N9O8.ClH/c1-6-40(30(2)61-43(58)63-31(3)62-41(56)23-50(4)5)55-42(57)54(29-49-55)36-10-8-34(9-11-36)51-17-19-52(20-18-51)35-12-14-37(15-13-35)59-24-32-22-44(60-25-32,26-53-28-47-27-48-53)38-16-7-33(45)21-39(38)46;/h7-16,21,27-32,40H,6,17-20,22-26H2,1-5H3;1H/t30-,31?,32+,40-,44-;/m0./s1. The summed E-state index contributed by atoms with van der Waals surface area (Å²) in [6, 6.07) is 18.7. The largest absolute Gasteiger partial charge is 0.511 e. The molecule has 17 nitrogen and oxygen atoms in total. The maximum atomic E-state index is 15.0. The van der Waals surface area contributed by atoms with Crippen molar-refractivity contribution in [3.63, 3.8) is 0 Å². The molecule has 0 bridgehead atoms. The van der Waals surface area contributed by atoms with Gasteiger partial charge >= 0.3 is 17.8 Å². The highest BCUT2D eigenvalue weighted by molar-refractivity contribution is 5.85. The van der Waals surface area contributed by atoms with Crippen LogP contribution in [0.1, 0.15) is 45.2 Å². The van der Waals surface area contributed by atoms with Crippen LogP contribution < -0.4 is 20.2 Å². The van der Waals surface area contributed by atoms with Crippen LogP contribution in [0, 0.1) is 17.6 Å². The minimum absolute atomic E-state index is 0. The van der Waals surface area contributed by atoms with Gasteiger partial charge in [0.15, 0.2) is 0 Å². The van der Waals surface area contributed by atoms with E-state index in [1.807, 2.05) is 55.5 Å². The zero-order chi connectivity index (χ0) is 44.7. The normalized spacial score (nSPS) is 18.8. The summed E-state index contributed by atoms with van der Waals surface area (Å²) in [5, 5.41) is 8.53. The molecule has 3 aromatic carbocycles. The smallest absolute Gasteiger partial charge is 0.493 e. The van der Waals surface area contributed by atoms with E-state index in [-0.39, 0.29) is 42.7 Å². The third kappa shape index (κ3) is 11.4. The number of ether oxygens (including phenoxy) is 5. The fourth-order valence-corrected chi connectivity index (χ4v) is 8.12. The van der Waals surface area contributed by atoms with Gasteiger partial charge in [0.2, 0.25) is 6.29 Å². The van der Waals surface area contributed by atoms with Gasteiger partial charge in [-0.2, -0.15) is 10.2 Å². The van der Waals surface area contributed by atoms with Gasteiger partial charge in [-0.15, -0.1) is 12.4 Å². The molecule has 4 heterocycles. The summed E-state index contributed by atoms with van der Waals surface area (Å²) < 4.78 is 61.2. The monoisotopic (exact) mass is 909 g/mol. The van der Waals surface area contributed by atoms with Crippen molar-refractivity contribution >= 4 is 35.9 Å². The Balaban J connectivity index is 0.00000680. The number of esters is 1. The number of anilines is 2. The number of rotatable bonds is 17. The average Bonchev–Trinajstić information content (AvgIpc) is 4.01. The van der Waals surface area contributed by atoms with E-state index in [1.165, 1.54) is 41.0 Å². The topological polar surface area (TPSA) is 161 Å². The van der Waals surface area contributed by atoms with Gasteiger partial charge < -0.3 is 33.5 Å². The minimum atomic E-state index is -1.15. The van der Waals surface area contributed by atoms with Gasteiger partial charge in [0.25, 0.3) is 0 Å². The molecule has 2 aliphatic heterocycles. The lowest BCUT2D eigenvalue weighted by atomic mass is 9.87. The van der Waals surface area contributed by atoms with Gasteiger partial charge in [-0.3, -0.25) is 9.69 Å². The van der Waals surface area contributed by atoms with Crippen molar-refractivity contribution in [1.29, 1.82) is 0 Å². The van der Waals surface area contributed by atoms with Gasteiger partial charge in [-0.05, 0) is 88.5 Å². The molecule has 5 aromatic rings. The molecule has 5 atom stereocenters. The van der Waals surface area contributed by atoms with Gasteiger partial charge in [-0.1, -0.05) is 13.0 Å². The van der Waals surface area contributed by atoms with Gasteiger partial charge in [0.1, 0.15) is 48.1 Å². The molecule has 64 heavy (non-hydrogen) atoms. The first-order valence-corrected chi connectivity index (χ1v) is 20.9. The first-order chi connectivity index (χ1) is 30.3. The van der Waals surface area contributed by atoms with E-state index in [0.29, 0.717) is 37.5 Å². The molecule has 0 saturated carbocycles. The summed E-state index contributed by atoms with van der Waals surface area (Å²) >= 11 is 0. The number of nitrogens with zero attached hydrogens (tertiary/aromatic N) is 9. The van der Waals surface area contributed by atoms with E-state index in [0.717, 1.165) is 43.6 Å². The Morgan fingerprint density at radius 2 is 1.55 bits per heavy atom. The van der Waals surface area contributed by atoms with Crippen molar-refractivity contribution < 1.29 is 42.1 Å². The fourth-order valence-electron chi connectivity index (χ4n) is 8.12. The van der Waals surface area contributed by atoms with Crippen molar-refractivity contribution in [2.75, 3.05) is 69.8 Å². The molecule has 20 heteroatoms. The Labute approximate surface area is 375 Å². The van der Waals surface area contributed by atoms with Gasteiger partial charge in [0, 0.05) is 62.0 Å². The Kier molecular flexibility index (Phi) is 15.6. The maximum absolute atomic E-state index is 15.0. The van der Waals surface area contributed by atoms with E-state index in [2.05, 4.69) is 25.0 Å². The summed E-state index contributed by atoms with van der Waals surface area (Å²) in [6.45, 7) is 9.06. The summed E-state index contributed by atoms with van der Waals surface area (Å²) in [4.78, 5) is 48.1. The first-order valence-electron chi connectivity index (χ1n) is 20.9. The summed E-state index contributed by atoms with van der Waals surface area (Å²) in [5.41, 5.74) is 1.60. The molecule has 1 unspecified atom stereocenters. The Morgan fingerprint density at radius 3 is 2.16 bits per heavy atom. The van der Waals surface area contributed by atoms with Crippen LogP contribution in [0.2, 0.25) is 0 Å². The van der Waals surface area contributed by atoms with Crippen LogP contribution in [0.25, 0.3) is 5.69 Å². The van der Waals surface area contributed by atoms with Crippen LogP contribution in [-0.2, 0) is 35.9 Å². The lowest BCUT2D eigenvalue weighted by molar-refractivity contribution is -0.169. The van der Waals surface area contributed by atoms with Gasteiger partial charge in [0.05, 0.1) is 38.0 Å². The number of likely N-dealkylation sites (N-methyl/N-ethyl adjacent to an activating group) is 1. The second kappa shape index (κ2) is 21.1. The van der Waals surface area contributed by atoms with E-state index in [1.54, 1.807) is 36.9 Å². The molecule has 2 aromatic heterocycles. The summed E-state index contributed by atoms with van der Waals surface area (Å²) in [6.07, 6.45) is 2.35. The molecule has 344 valence electrons. The second-order valence-corrected chi connectivity index (χ2v) is 16.1. The van der Waals surface area contributed by atoms with Crippen molar-refractivity contribution in [3.8, 4) is 11.4 Å². The maximum Gasteiger partial charge on any atom is 0.511 e. The molecular formula is C44H54ClF2N9O8. The third-order valence-corrected chi connectivity index (χ3v) is 11.2. The Morgan fingerprint density at radius 1 is 0.891 bits per heavy atom. The number of piperazine rings is 1. The molecule has 2 fully saturated rings. The molecule has 0 aliphatic carbocycles. The van der Waals surface area contributed by atoms with Gasteiger partial charge in [-0.25, -0.2) is 37.3 Å². The lowest BCUT2D eigenvalue weighted by Gasteiger charge is -2.37. The molecule has 2 aliphatic rings. The number of carbonyl (C=O) groups is 2. The van der Waals surface area contributed by atoms with Crippen LogP contribution in [0.4, 0.5) is 25.0 Å². The second-order valence-electron chi connectivity index (χ2n) is 16.1. The zero-order valence-electron chi connectivity index (χ0n) is 36.4. The average molecular weight is 910 g/mol.